The van der Waals surface area contributed by atoms with Gasteiger partial charge in [0.1, 0.15) is 11.5 Å². The molecule has 0 aliphatic carbocycles. The van der Waals surface area contributed by atoms with Gasteiger partial charge in [0, 0.05) is 29.2 Å². The summed E-state index contributed by atoms with van der Waals surface area (Å²) in [5.41, 5.74) is 2.35. The zero-order chi connectivity index (χ0) is 19.6. The second-order valence-electron chi connectivity index (χ2n) is 6.40. The summed E-state index contributed by atoms with van der Waals surface area (Å²) in [6, 6.07) is 10.9. The first kappa shape index (κ1) is 19.2. The molecule has 0 spiro atoms. The van der Waals surface area contributed by atoms with Crippen molar-refractivity contribution in [1.29, 1.82) is 0 Å². The number of rotatable bonds is 5. The molecule has 1 aliphatic rings. The Morgan fingerprint density at radius 2 is 1.96 bits per heavy atom. The van der Waals surface area contributed by atoms with Crippen molar-refractivity contribution in [2.75, 3.05) is 31.0 Å². The fourth-order valence-electron chi connectivity index (χ4n) is 3.09. The highest BCUT2D eigenvalue weighted by molar-refractivity contribution is 9.10. The van der Waals surface area contributed by atoms with E-state index in [1.807, 2.05) is 25.1 Å². The fourth-order valence-corrected chi connectivity index (χ4v) is 3.34. The van der Waals surface area contributed by atoms with E-state index < -0.39 is 5.92 Å². The smallest absolute Gasteiger partial charge is 0.229 e. The van der Waals surface area contributed by atoms with Gasteiger partial charge >= 0.3 is 0 Å². The summed E-state index contributed by atoms with van der Waals surface area (Å²) in [6.45, 7) is 2.25. The summed E-state index contributed by atoms with van der Waals surface area (Å²) < 4.78 is 11.6. The maximum Gasteiger partial charge on any atom is 0.229 e. The van der Waals surface area contributed by atoms with Crippen LogP contribution in [0.1, 0.15) is 12.0 Å². The average Bonchev–Trinajstić information content (AvgIpc) is 3.06. The zero-order valence-corrected chi connectivity index (χ0v) is 17.0. The van der Waals surface area contributed by atoms with Crippen molar-refractivity contribution < 1.29 is 19.1 Å². The van der Waals surface area contributed by atoms with Crippen LogP contribution in [0.25, 0.3) is 0 Å². The van der Waals surface area contributed by atoms with Crippen LogP contribution in [-0.2, 0) is 9.59 Å². The van der Waals surface area contributed by atoms with Crippen molar-refractivity contribution in [1.82, 2.24) is 0 Å². The van der Waals surface area contributed by atoms with E-state index >= 15 is 0 Å². The lowest BCUT2D eigenvalue weighted by Gasteiger charge is -2.20. The largest absolute Gasteiger partial charge is 0.497 e. The zero-order valence-electron chi connectivity index (χ0n) is 15.4. The molecule has 6 nitrogen and oxygen atoms in total. The number of benzene rings is 2. The molecule has 1 atom stereocenters. The summed E-state index contributed by atoms with van der Waals surface area (Å²) in [4.78, 5) is 26.8. The van der Waals surface area contributed by atoms with E-state index in [1.54, 1.807) is 37.3 Å². The molecule has 1 heterocycles. The molecule has 0 radical (unpaired) electrons. The Kier molecular flexibility index (Phi) is 5.70. The van der Waals surface area contributed by atoms with Gasteiger partial charge < -0.3 is 19.7 Å². The summed E-state index contributed by atoms with van der Waals surface area (Å²) in [5.74, 6) is 0.464. The Balaban J connectivity index is 1.77. The van der Waals surface area contributed by atoms with Crippen LogP contribution < -0.4 is 19.7 Å². The lowest BCUT2D eigenvalue weighted by molar-refractivity contribution is -0.122. The number of carbonyl (C=O) groups is 2. The molecule has 0 saturated carbocycles. The molecule has 27 heavy (non-hydrogen) atoms. The second kappa shape index (κ2) is 8.00. The molecule has 3 rings (SSSR count). The van der Waals surface area contributed by atoms with Crippen LogP contribution in [0.15, 0.2) is 40.9 Å². The van der Waals surface area contributed by atoms with E-state index in [1.165, 1.54) is 0 Å². The molecule has 0 aromatic heterocycles. The number of carbonyl (C=O) groups excluding carboxylic acids is 2. The van der Waals surface area contributed by atoms with E-state index in [9.17, 15) is 9.59 Å². The number of nitrogens with one attached hydrogen (secondary N) is 1. The van der Waals surface area contributed by atoms with E-state index in [0.29, 0.717) is 29.4 Å². The summed E-state index contributed by atoms with van der Waals surface area (Å²) in [7, 11) is 3.11. The van der Waals surface area contributed by atoms with Crippen LogP contribution in [-0.4, -0.2) is 32.6 Å². The SMILES string of the molecule is COc1ccc(OC)c(N2CC(C(=O)Nc3ccc(Br)c(C)c3)CC2=O)c1. The summed E-state index contributed by atoms with van der Waals surface area (Å²) in [6.07, 6.45) is 0.154. The first-order valence-corrected chi connectivity index (χ1v) is 9.31. The van der Waals surface area contributed by atoms with Crippen molar-refractivity contribution in [2.45, 2.75) is 13.3 Å². The van der Waals surface area contributed by atoms with Crippen LogP contribution in [0, 0.1) is 12.8 Å². The second-order valence-corrected chi connectivity index (χ2v) is 7.25. The highest BCUT2D eigenvalue weighted by Gasteiger charge is 2.36. The van der Waals surface area contributed by atoms with Crippen LogP contribution >= 0.6 is 15.9 Å². The molecule has 1 N–H and O–H groups in total. The Bertz CT molecular complexity index is 884. The average molecular weight is 433 g/mol. The number of hydrogen-bond donors (Lipinski definition) is 1. The van der Waals surface area contributed by atoms with Crippen LogP contribution in [0.2, 0.25) is 0 Å². The van der Waals surface area contributed by atoms with Crippen molar-refractivity contribution in [3.63, 3.8) is 0 Å². The van der Waals surface area contributed by atoms with E-state index in [0.717, 1.165) is 10.0 Å². The number of nitrogens with zero attached hydrogens (tertiary/aromatic N) is 1. The molecule has 2 amide bonds. The number of aryl methyl sites for hydroxylation is 1. The van der Waals surface area contributed by atoms with Crippen molar-refractivity contribution >= 4 is 39.1 Å². The molecule has 7 heteroatoms. The fraction of sp³-hybridized carbons (Fsp3) is 0.300. The highest BCUT2D eigenvalue weighted by atomic mass is 79.9. The van der Waals surface area contributed by atoms with Crippen molar-refractivity contribution in [3.05, 3.63) is 46.4 Å². The third-order valence-corrected chi connectivity index (χ3v) is 5.49. The number of amides is 2. The molecule has 2 aromatic rings. The number of halogens is 1. The van der Waals surface area contributed by atoms with Gasteiger partial charge in [-0.2, -0.15) is 0 Å². The Labute approximate surface area is 166 Å². The van der Waals surface area contributed by atoms with Gasteiger partial charge in [0.2, 0.25) is 11.8 Å². The molecular formula is C20H21BrN2O4. The monoisotopic (exact) mass is 432 g/mol. The van der Waals surface area contributed by atoms with Gasteiger partial charge in [-0.25, -0.2) is 0 Å². The maximum atomic E-state index is 12.7. The highest BCUT2D eigenvalue weighted by Crippen LogP contribution is 2.36. The summed E-state index contributed by atoms with van der Waals surface area (Å²) >= 11 is 3.44. The molecular weight excluding hydrogens is 412 g/mol. The van der Waals surface area contributed by atoms with Gasteiger partial charge in [0.15, 0.2) is 0 Å². The van der Waals surface area contributed by atoms with Gasteiger partial charge in [-0.15, -0.1) is 0 Å². The molecule has 1 fully saturated rings. The molecule has 0 bridgehead atoms. The lowest BCUT2D eigenvalue weighted by atomic mass is 10.1. The van der Waals surface area contributed by atoms with E-state index in [-0.39, 0.29) is 18.2 Å². The minimum Gasteiger partial charge on any atom is -0.497 e. The normalized spacial score (nSPS) is 16.4. The predicted molar refractivity (Wildman–Crippen MR) is 108 cm³/mol. The van der Waals surface area contributed by atoms with E-state index in [2.05, 4.69) is 21.2 Å². The predicted octanol–water partition coefficient (Wildman–Crippen LogP) is 3.77. The Morgan fingerprint density at radius 1 is 1.19 bits per heavy atom. The summed E-state index contributed by atoms with van der Waals surface area (Å²) in [5, 5.41) is 2.90. The van der Waals surface area contributed by atoms with Gasteiger partial charge in [-0.1, -0.05) is 15.9 Å². The third-order valence-electron chi connectivity index (χ3n) is 4.60. The number of hydrogen-bond acceptors (Lipinski definition) is 4. The first-order valence-electron chi connectivity index (χ1n) is 8.52. The maximum absolute atomic E-state index is 12.7. The van der Waals surface area contributed by atoms with Gasteiger partial charge in [0.05, 0.1) is 25.8 Å². The van der Waals surface area contributed by atoms with Crippen molar-refractivity contribution in [2.24, 2.45) is 5.92 Å². The number of anilines is 2. The standard InChI is InChI=1S/C20H21BrN2O4/c1-12-8-14(4-6-16(12)21)22-20(25)13-9-19(24)23(11-13)17-10-15(26-2)5-7-18(17)27-3/h4-8,10,13H,9,11H2,1-3H3,(H,22,25). The minimum absolute atomic E-state index is 0.117. The number of ether oxygens (including phenoxy) is 2. The molecule has 1 saturated heterocycles. The quantitative estimate of drug-likeness (QED) is 0.780. The van der Waals surface area contributed by atoms with E-state index in [4.69, 9.17) is 9.47 Å². The first-order chi connectivity index (χ1) is 12.9. The minimum atomic E-state index is -0.433. The molecule has 1 aliphatic heterocycles. The lowest BCUT2D eigenvalue weighted by Crippen LogP contribution is -2.28. The number of methoxy groups -OCH3 is 2. The molecule has 142 valence electrons. The van der Waals surface area contributed by atoms with Crippen LogP contribution in [0.5, 0.6) is 11.5 Å². The third kappa shape index (κ3) is 4.08. The van der Waals surface area contributed by atoms with Gasteiger partial charge in [0.25, 0.3) is 0 Å². The van der Waals surface area contributed by atoms with Crippen molar-refractivity contribution in [3.8, 4) is 11.5 Å². The molecule has 1 unspecified atom stereocenters. The van der Waals surface area contributed by atoms with Gasteiger partial charge in [-0.3, -0.25) is 9.59 Å². The molecule has 2 aromatic carbocycles. The topological polar surface area (TPSA) is 67.9 Å². The van der Waals surface area contributed by atoms with Crippen LogP contribution in [0.3, 0.4) is 0 Å². The van der Waals surface area contributed by atoms with Crippen LogP contribution in [0.4, 0.5) is 11.4 Å². The Morgan fingerprint density at radius 3 is 2.63 bits per heavy atom. The Hall–Kier alpha value is -2.54. The van der Waals surface area contributed by atoms with Gasteiger partial charge in [-0.05, 0) is 42.8 Å².